The van der Waals surface area contributed by atoms with Crippen LogP contribution in [0.1, 0.15) is 0 Å². The smallest absolute Gasteiger partial charge is 0.269 e. The van der Waals surface area contributed by atoms with Crippen LogP contribution >= 0.6 is 11.8 Å². The van der Waals surface area contributed by atoms with Crippen molar-refractivity contribution in [3.05, 3.63) is 64.7 Å². The molecule has 0 aliphatic rings. The quantitative estimate of drug-likeness (QED) is 0.446. The van der Waals surface area contributed by atoms with Gasteiger partial charge in [-0.15, -0.1) is 11.8 Å². The van der Waals surface area contributed by atoms with E-state index < -0.39 is 4.92 Å². The molecule has 108 valence electrons. The van der Waals surface area contributed by atoms with Crippen LogP contribution < -0.4 is 4.74 Å². The molecule has 2 rings (SSSR count). The Bertz CT molecular complexity index is 613. The maximum Gasteiger partial charge on any atom is 0.269 e. The zero-order chi connectivity index (χ0) is 15.1. The molecule has 0 aliphatic carbocycles. The van der Waals surface area contributed by atoms with E-state index in [1.165, 1.54) is 36.0 Å². The number of thioether (sulfide) groups is 1. The van der Waals surface area contributed by atoms with Gasteiger partial charge < -0.3 is 4.74 Å². The van der Waals surface area contributed by atoms with Gasteiger partial charge in [-0.3, -0.25) is 14.9 Å². The Balaban J connectivity index is 1.77. The van der Waals surface area contributed by atoms with Gasteiger partial charge in [-0.2, -0.15) is 0 Å². The lowest BCUT2D eigenvalue weighted by Crippen LogP contribution is -2.13. The first-order chi connectivity index (χ1) is 10.1. The molecular weight excluding hydrogens is 290 g/mol. The summed E-state index contributed by atoms with van der Waals surface area (Å²) in [6.45, 7) is -0.0440. The van der Waals surface area contributed by atoms with E-state index in [4.69, 9.17) is 4.74 Å². The monoisotopic (exact) mass is 303 g/mol. The summed E-state index contributed by atoms with van der Waals surface area (Å²) in [5.41, 5.74) is -0.00619. The van der Waals surface area contributed by atoms with Crippen molar-refractivity contribution >= 4 is 23.2 Å². The van der Waals surface area contributed by atoms with E-state index in [-0.39, 0.29) is 18.1 Å². The highest BCUT2D eigenvalue weighted by Gasteiger charge is 2.07. The van der Waals surface area contributed by atoms with Crippen LogP contribution in [0.3, 0.4) is 0 Å². The molecule has 5 nitrogen and oxygen atoms in total. The van der Waals surface area contributed by atoms with Crippen molar-refractivity contribution in [2.45, 2.75) is 4.90 Å². The van der Waals surface area contributed by atoms with Gasteiger partial charge in [-0.05, 0) is 24.3 Å². The zero-order valence-corrected chi connectivity index (χ0v) is 11.9. The molecule has 0 amide bonds. The van der Waals surface area contributed by atoms with E-state index in [1.807, 2.05) is 30.3 Å². The summed E-state index contributed by atoms with van der Waals surface area (Å²) in [7, 11) is 0. The van der Waals surface area contributed by atoms with Crippen molar-refractivity contribution in [2.75, 3.05) is 12.4 Å². The van der Waals surface area contributed by atoms with Crippen molar-refractivity contribution in [3.8, 4) is 5.75 Å². The fraction of sp³-hybridized carbons (Fsp3) is 0.133. The van der Waals surface area contributed by atoms with Gasteiger partial charge in [0.1, 0.15) is 12.4 Å². The predicted molar refractivity (Wildman–Crippen MR) is 80.8 cm³/mol. The number of carbonyl (C=O) groups excluding carboxylic acids is 1. The van der Waals surface area contributed by atoms with Crippen LogP contribution in [0.15, 0.2) is 59.5 Å². The normalized spacial score (nSPS) is 10.1. The van der Waals surface area contributed by atoms with E-state index in [0.717, 1.165) is 4.90 Å². The molecule has 0 bridgehead atoms. The van der Waals surface area contributed by atoms with Crippen molar-refractivity contribution in [3.63, 3.8) is 0 Å². The first-order valence-corrected chi connectivity index (χ1v) is 7.20. The van der Waals surface area contributed by atoms with Gasteiger partial charge in [0.25, 0.3) is 5.69 Å². The van der Waals surface area contributed by atoms with Gasteiger partial charge in [-0.25, -0.2) is 0 Å². The summed E-state index contributed by atoms with van der Waals surface area (Å²) in [6.07, 6.45) is 0. The van der Waals surface area contributed by atoms with Crippen LogP contribution in [0.2, 0.25) is 0 Å². The summed E-state index contributed by atoms with van der Waals surface area (Å²) in [5, 5.41) is 10.5. The van der Waals surface area contributed by atoms with Gasteiger partial charge in [-0.1, -0.05) is 18.2 Å². The molecule has 0 saturated carbocycles. The average Bonchev–Trinajstić information content (AvgIpc) is 2.52. The molecule has 0 N–H and O–H groups in total. The molecule has 21 heavy (non-hydrogen) atoms. The summed E-state index contributed by atoms with van der Waals surface area (Å²) in [6, 6.07) is 15.3. The number of carbonyl (C=O) groups is 1. The van der Waals surface area contributed by atoms with Crippen molar-refractivity contribution in [1.29, 1.82) is 0 Å². The summed E-state index contributed by atoms with van der Waals surface area (Å²) >= 11 is 1.45. The first-order valence-electron chi connectivity index (χ1n) is 6.22. The van der Waals surface area contributed by atoms with Gasteiger partial charge in [0.15, 0.2) is 5.78 Å². The lowest BCUT2D eigenvalue weighted by atomic mass is 10.3. The van der Waals surface area contributed by atoms with Gasteiger partial charge in [0, 0.05) is 17.0 Å². The Labute approximate surface area is 126 Å². The van der Waals surface area contributed by atoms with E-state index in [0.29, 0.717) is 11.5 Å². The molecular formula is C15H13NO4S. The minimum atomic E-state index is -0.481. The second-order valence-electron chi connectivity index (χ2n) is 4.18. The molecule has 0 atom stereocenters. The first kappa shape index (κ1) is 15.1. The highest BCUT2D eigenvalue weighted by Crippen LogP contribution is 2.19. The SMILES string of the molecule is O=C(COc1ccc([N+](=O)[O-])cc1)CSc1ccccc1. The summed E-state index contributed by atoms with van der Waals surface area (Å²) < 4.78 is 5.31. The number of Topliss-reactive ketones (excluding diaryl/α,β-unsaturated/α-hetero) is 1. The molecule has 0 heterocycles. The number of nitrogens with zero attached hydrogens (tertiary/aromatic N) is 1. The number of ether oxygens (including phenoxy) is 1. The number of non-ortho nitro benzene ring substituents is 1. The third kappa shape index (κ3) is 4.92. The average molecular weight is 303 g/mol. The molecule has 0 unspecified atom stereocenters. The Hall–Kier alpha value is -2.34. The molecule has 2 aromatic carbocycles. The highest BCUT2D eigenvalue weighted by molar-refractivity contribution is 8.00. The number of ketones is 1. The van der Waals surface area contributed by atoms with Crippen LogP contribution in [-0.2, 0) is 4.79 Å². The number of hydrogen-bond donors (Lipinski definition) is 0. The van der Waals surface area contributed by atoms with Crippen molar-refractivity contribution in [2.24, 2.45) is 0 Å². The Morgan fingerprint density at radius 1 is 1.10 bits per heavy atom. The van der Waals surface area contributed by atoms with Crippen LogP contribution in [0.4, 0.5) is 5.69 Å². The van der Waals surface area contributed by atoms with E-state index in [9.17, 15) is 14.9 Å². The van der Waals surface area contributed by atoms with Crippen LogP contribution in [0.5, 0.6) is 5.75 Å². The van der Waals surface area contributed by atoms with Crippen molar-refractivity contribution < 1.29 is 14.5 Å². The van der Waals surface area contributed by atoms with E-state index >= 15 is 0 Å². The Morgan fingerprint density at radius 2 is 1.76 bits per heavy atom. The van der Waals surface area contributed by atoms with Crippen LogP contribution in [-0.4, -0.2) is 23.1 Å². The van der Waals surface area contributed by atoms with E-state index in [2.05, 4.69) is 0 Å². The molecule has 0 spiro atoms. The fourth-order valence-electron chi connectivity index (χ4n) is 1.55. The van der Waals surface area contributed by atoms with Gasteiger partial charge in [0.05, 0.1) is 10.7 Å². The van der Waals surface area contributed by atoms with Gasteiger partial charge in [0.2, 0.25) is 0 Å². The standard InChI is InChI=1S/C15H13NO4S/c17-13(11-21-15-4-2-1-3-5-15)10-20-14-8-6-12(7-9-14)16(18)19/h1-9H,10-11H2. The number of rotatable bonds is 7. The number of benzene rings is 2. The molecule has 6 heteroatoms. The van der Waals surface area contributed by atoms with Crippen LogP contribution in [0.25, 0.3) is 0 Å². The largest absolute Gasteiger partial charge is 0.486 e. The summed E-state index contributed by atoms with van der Waals surface area (Å²) in [5.74, 6) is 0.734. The third-order valence-electron chi connectivity index (χ3n) is 2.59. The minimum Gasteiger partial charge on any atom is -0.486 e. The van der Waals surface area contributed by atoms with Crippen molar-refractivity contribution in [1.82, 2.24) is 0 Å². The maximum atomic E-state index is 11.7. The second kappa shape index (κ2) is 7.44. The topological polar surface area (TPSA) is 69.4 Å². The highest BCUT2D eigenvalue weighted by atomic mass is 32.2. The summed E-state index contributed by atoms with van der Waals surface area (Å²) in [4.78, 5) is 22.8. The van der Waals surface area contributed by atoms with E-state index in [1.54, 1.807) is 0 Å². The number of hydrogen-bond acceptors (Lipinski definition) is 5. The molecule has 2 aromatic rings. The Kier molecular flexibility index (Phi) is 5.34. The lowest BCUT2D eigenvalue weighted by Gasteiger charge is -2.05. The van der Waals surface area contributed by atoms with Crippen LogP contribution in [0, 0.1) is 10.1 Å². The molecule has 0 radical (unpaired) electrons. The lowest BCUT2D eigenvalue weighted by molar-refractivity contribution is -0.384. The maximum absolute atomic E-state index is 11.7. The Morgan fingerprint density at radius 3 is 2.38 bits per heavy atom. The fourth-order valence-corrected chi connectivity index (χ4v) is 2.31. The predicted octanol–water partition coefficient (Wildman–Crippen LogP) is 3.34. The molecule has 0 fully saturated rings. The number of nitro benzene ring substituents is 1. The second-order valence-corrected chi connectivity index (χ2v) is 5.23. The zero-order valence-electron chi connectivity index (χ0n) is 11.1. The molecule has 0 aromatic heterocycles. The third-order valence-corrected chi connectivity index (χ3v) is 3.66. The number of nitro groups is 1. The molecule has 0 saturated heterocycles. The molecule has 0 aliphatic heterocycles. The minimum absolute atomic E-state index is 0.00619. The van der Waals surface area contributed by atoms with Gasteiger partial charge >= 0.3 is 0 Å².